The van der Waals surface area contributed by atoms with Gasteiger partial charge in [-0.15, -0.1) is 0 Å². The minimum absolute atomic E-state index is 1.17. The monoisotopic (exact) mass is 560 g/mol. The van der Waals surface area contributed by atoms with E-state index in [-0.39, 0.29) is 0 Å². The van der Waals surface area contributed by atoms with Crippen molar-refractivity contribution in [3.05, 3.63) is 170 Å². The molecule has 0 unspecified atom stereocenters. The lowest BCUT2D eigenvalue weighted by molar-refractivity contribution is 1.18. The molecule has 0 aliphatic rings. The Bertz CT molecular complexity index is 2480. The van der Waals surface area contributed by atoms with Gasteiger partial charge < -0.3 is 9.13 Å². The number of nitrogens with zero attached hydrogens (tertiary/aromatic N) is 2. The maximum Gasteiger partial charge on any atom is 0.0547 e. The number of aromatic nitrogens is 2. The van der Waals surface area contributed by atoms with Gasteiger partial charge in [-0.1, -0.05) is 109 Å². The van der Waals surface area contributed by atoms with Crippen LogP contribution >= 0.6 is 0 Å². The summed E-state index contributed by atoms with van der Waals surface area (Å²) in [6, 6.07) is 61.4. The quantitative estimate of drug-likeness (QED) is 0.203. The van der Waals surface area contributed by atoms with Crippen LogP contribution in [0.5, 0.6) is 0 Å². The van der Waals surface area contributed by atoms with Gasteiger partial charge in [-0.2, -0.15) is 0 Å². The summed E-state index contributed by atoms with van der Waals surface area (Å²) in [5, 5.41) is 5.08. The summed E-state index contributed by atoms with van der Waals surface area (Å²) in [6.45, 7) is 0. The zero-order valence-electron chi connectivity index (χ0n) is 24.1. The van der Waals surface area contributed by atoms with Crippen molar-refractivity contribution in [1.29, 1.82) is 0 Å². The van der Waals surface area contributed by atoms with E-state index in [9.17, 15) is 0 Å². The molecule has 2 aromatic heterocycles. The Hall–Kier alpha value is -5.86. The Morgan fingerprint density at radius 3 is 1.57 bits per heavy atom. The summed E-state index contributed by atoms with van der Waals surface area (Å²) in [5.74, 6) is 0. The zero-order chi connectivity index (χ0) is 29.0. The highest BCUT2D eigenvalue weighted by atomic mass is 15.0. The highest BCUT2D eigenvalue weighted by molar-refractivity contribution is 6.16. The standard InChI is InChI=1S/C42H28N2/c1-3-15-32(16-4-1)43-38-22-9-7-19-35(38)37-28-30(25-26-40(37)43)29-13-11-14-31(27-29)34-21-12-24-41-42(34)36-20-8-10-23-39(36)44(41)33-17-5-2-6-18-33/h1-28H. The van der Waals surface area contributed by atoms with Crippen molar-refractivity contribution in [1.82, 2.24) is 9.13 Å². The fraction of sp³-hybridized carbons (Fsp3) is 0. The predicted octanol–water partition coefficient (Wildman–Crippen LogP) is 11.2. The lowest BCUT2D eigenvalue weighted by Crippen LogP contribution is -1.93. The van der Waals surface area contributed by atoms with Gasteiger partial charge in [0.25, 0.3) is 0 Å². The lowest BCUT2D eigenvalue weighted by Gasteiger charge is -2.10. The molecule has 0 atom stereocenters. The minimum atomic E-state index is 1.17. The van der Waals surface area contributed by atoms with E-state index in [2.05, 4.69) is 179 Å². The Labute approximate surface area is 255 Å². The molecule has 0 spiro atoms. The largest absolute Gasteiger partial charge is 0.309 e. The molecule has 9 rings (SSSR count). The molecule has 0 saturated carbocycles. The van der Waals surface area contributed by atoms with Gasteiger partial charge >= 0.3 is 0 Å². The van der Waals surface area contributed by atoms with Gasteiger partial charge in [-0.25, -0.2) is 0 Å². The van der Waals surface area contributed by atoms with Gasteiger partial charge in [-0.05, 0) is 82.9 Å². The molecule has 0 radical (unpaired) electrons. The molecule has 0 aliphatic heterocycles. The molecule has 9 aromatic rings. The second-order valence-electron chi connectivity index (χ2n) is 11.4. The van der Waals surface area contributed by atoms with Crippen molar-refractivity contribution < 1.29 is 0 Å². The topological polar surface area (TPSA) is 9.86 Å². The van der Waals surface area contributed by atoms with Crippen LogP contribution in [0.4, 0.5) is 0 Å². The van der Waals surface area contributed by atoms with E-state index in [0.29, 0.717) is 0 Å². The van der Waals surface area contributed by atoms with Gasteiger partial charge in [0.2, 0.25) is 0 Å². The maximum atomic E-state index is 2.38. The zero-order valence-corrected chi connectivity index (χ0v) is 24.1. The average molecular weight is 561 g/mol. The molecular formula is C42H28N2. The summed E-state index contributed by atoms with van der Waals surface area (Å²) in [7, 11) is 0. The van der Waals surface area contributed by atoms with Gasteiger partial charge in [0.1, 0.15) is 0 Å². The molecule has 206 valence electrons. The molecule has 0 bridgehead atoms. The SMILES string of the molecule is c1ccc(-n2c3ccccc3c3cc(-c4cccc(-c5cccc6c5c5ccccc5n6-c5ccccc5)c4)ccc32)cc1. The third kappa shape index (κ3) is 3.75. The van der Waals surface area contributed by atoms with Gasteiger partial charge in [0.15, 0.2) is 0 Å². The molecule has 7 aromatic carbocycles. The summed E-state index contributed by atoms with van der Waals surface area (Å²) < 4.78 is 4.75. The first-order valence-electron chi connectivity index (χ1n) is 15.1. The fourth-order valence-corrected chi connectivity index (χ4v) is 6.99. The van der Waals surface area contributed by atoms with Crippen LogP contribution in [0, 0.1) is 0 Å². The van der Waals surface area contributed by atoms with Crippen LogP contribution < -0.4 is 0 Å². The summed E-state index contributed by atoms with van der Waals surface area (Å²) in [5.41, 5.74) is 12.1. The fourth-order valence-electron chi connectivity index (χ4n) is 6.99. The van der Waals surface area contributed by atoms with Crippen LogP contribution in [-0.4, -0.2) is 9.13 Å². The van der Waals surface area contributed by atoms with Crippen molar-refractivity contribution >= 4 is 43.6 Å². The molecule has 0 amide bonds. The maximum absolute atomic E-state index is 2.38. The minimum Gasteiger partial charge on any atom is -0.309 e. The molecule has 0 fully saturated rings. The predicted molar refractivity (Wildman–Crippen MR) is 186 cm³/mol. The van der Waals surface area contributed by atoms with Crippen molar-refractivity contribution in [2.75, 3.05) is 0 Å². The third-order valence-electron chi connectivity index (χ3n) is 8.91. The first-order chi connectivity index (χ1) is 21.8. The molecule has 2 heteroatoms. The molecule has 44 heavy (non-hydrogen) atoms. The Morgan fingerprint density at radius 1 is 0.295 bits per heavy atom. The second-order valence-corrected chi connectivity index (χ2v) is 11.4. The second kappa shape index (κ2) is 9.86. The van der Waals surface area contributed by atoms with Crippen molar-refractivity contribution in [2.45, 2.75) is 0 Å². The van der Waals surface area contributed by atoms with E-state index >= 15 is 0 Å². The van der Waals surface area contributed by atoms with E-state index < -0.39 is 0 Å². The molecule has 0 saturated heterocycles. The van der Waals surface area contributed by atoms with Crippen LogP contribution in [0.25, 0.3) is 77.2 Å². The highest BCUT2D eigenvalue weighted by Crippen LogP contribution is 2.40. The Morgan fingerprint density at radius 2 is 0.818 bits per heavy atom. The number of rotatable bonds is 4. The number of benzene rings is 7. The molecule has 0 aliphatic carbocycles. The highest BCUT2D eigenvalue weighted by Gasteiger charge is 2.17. The van der Waals surface area contributed by atoms with Crippen molar-refractivity contribution in [2.24, 2.45) is 0 Å². The first kappa shape index (κ1) is 24.7. The van der Waals surface area contributed by atoms with E-state index in [1.807, 2.05) is 0 Å². The van der Waals surface area contributed by atoms with Gasteiger partial charge in [-0.3, -0.25) is 0 Å². The number of fused-ring (bicyclic) bond motifs is 6. The van der Waals surface area contributed by atoms with Crippen molar-refractivity contribution in [3.8, 4) is 33.6 Å². The number of para-hydroxylation sites is 4. The lowest BCUT2D eigenvalue weighted by atomic mass is 9.95. The summed E-state index contributed by atoms with van der Waals surface area (Å²) in [6.07, 6.45) is 0. The Kier molecular flexibility index (Phi) is 5.54. The van der Waals surface area contributed by atoms with Crippen LogP contribution in [0.2, 0.25) is 0 Å². The van der Waals surface area contributed by atoms with E-state index in [4.69, 9.17) is 0 Å². The van der Waals surface area contributed by atoms with Crippen LogP contribution in [0.15, 0.2) is 170 Å². The van der Waals surface area contributed by atoms with E-state index in [1.54, 1.807) is 0 Å². The van der Waals surface area contributed by atoms with Crippen LogP contribution in [0.1, 0.15) is 0 Å². The molecule has 2 heterocycles. The Balaban J connectivity index is 1.23. The molecule has 0 N–H and O–H groups in total. The van der Waals surface area contributed by atoms with E-state index in [0.717, 1.165) is 0 Å². The average Bonchev–Trinajstić information content (AvgIpc) is 3.62. The first-order valence-corrected chi connectivity index (χ1v) is 15.1. The van der Waals surface area contributed by atoms with E-state index in [1.165, 1.54) is 77.2 Å². The number of hydrogen-bond donors (Lipinski definition) is 0. The van der Waals surface area contributed by atoms with Gasteiger partial charge in [0.05, 0.1) is 22.1 Å². The summed E-state index contributed by atoms with van der Waals surface area (Å²) in [4.78, 5) is 0. The van der Waals surface area contributed by atoms with Crippen molar-refractivity contribution in [3.63, 3.8) is 0 Å². The van der Waals surface area contributed by atoms with Gasteiger partial charge in [0, 0.05) is 32.9 Å². The normalized spacial score (nSPS) is 11.6. The smallest absolute Gasteiger partial charge is 0.0547 e. The number of hydrogen-bond acceptors (Lipinski definition) is 0. The molecule has 2 nitrogen and oxygen atoms in total. The molecular weight excluding hydrogens is 532 g/mol. The van der Waals surface area contributed by atoms with Crippen LogP contribution in [-0.2, 0) is 0 Å². The third-order valence-corrected chi connectivity index (χ3v) is 8.91. The van der Waals surface area contributed by atoms with Crippen LogP contribution in [0.3, 0.4) is 0 Å². The summed E-state index contributed by atoms with van der Waals surface area (Å²) >= 11 is 0.